The lowest BCUT2D eigenvalue weighted by atomic mass is 10.2. The molecule has 0 aromatic heterocycles. The molecule has 0 heterocycles. The summed E-state index contributed by atoms with van der Waals surface area (Å²) in [5.41, 5.74) is -0.0262. The van der Waals surface area contributed by atoms with Gasteiger partial charge < -0.3 is 15.2 Å². The van der Waals surface area contributed by atoms with E-state index in [-0.39, 0.29) is 30.0 Å². The molecular weight excluding hydrogens is 264 g/mol. The van der Waals surface area contributed by atoms with E-state index in [0.29, 0.717) is 0 Å². The van der Waals surface area contributed by atoms with Crippen molar-refractivity contribution < 1.29 is 18.6 Å². The van der Waals surface area contributed by atoms with Crippen LogP contribution in [-0.4, -0.2) is 30.5 Å². The maximum Gasteiger partial charge on any atom is 0.150 e. The third-order valence-electron chi connectivity index (χ3n) is 2.14. The maximum atomic E-state index is 13.4. The van der Waals surface area contributed by atoms with Crippen LogP contribution >= 0.6 is 11.6 Å². The predicted molar refractivity (Wildman–Crippen MR) is 67.0 cm³/mol. The maximum absolute atomic E-state index is 13.4. The molecule has 0 saturated heterocycles. The van der Waals surface area contributed by atoms with Crippen LogP contribution in [0.3, 0.4) is 0 Å². The number of hydrogen-bond donors (Lipinski definition) is 2. The molecule has 2 N–H and O–H groups in total. The van der Waals surface area contributed by atoms with Gasteiger partial charge in [-0.05, 0) is 19.9 Å². The van der Waals surface area contributed by atoms with Crippen molar-refractivity contribution in [2.75, 3.05) is 18.5 Å². The normalized spacial score (nSPS) is 12.8. The Balaban J connectivity index is 2.53. The number of nitrogens with one attached hydrogen (secondary N) is 1. The Morgan fingerprint density at radius 2 is 2.06 bits per heavy atom. The molecule has 1 aromatic carbocycles. The molecule has 0 aliphatic rings. The van der Waals surface area contributed by atoms with Gasteiger partial charge in [0, 0.05) is 12.6 Å². The molecule has 1 atom stereocenters. The van der Waals surface area contributed by atoms with Gasteiger partial charge in [0.2, 0.25) is 0 Å². The van der Waals surface area contributed by atoms with Crippen LogP contribution < -0.4 is 5.32 Å². The Kier molecular flexibility index (Phi) is 5.78. The largest absolute Gasteiger partial charge is 0.389 e. The molecular formula is C12H16ClF2NO2. The van der Waals surface area contributed by atoms with E-state index in [2.05, 4.69) is 5.32 Å². The molecule has 18 heavy (non-hydrogen) atoms. The van der Waals surface area contributed by atoms with Crippen molar-refractivity contribution in [1.29, 1.82) is 0 Å². The van der Waals surface area contributed by atoms with E-state index in [0.717, 1.165) is 12.1 Å². The van der Waals surface area contributed by atoms with Gasteiger partial charge in [-0.15, -0.1) is 0 Å². The fraction of sp³-hybridized carbons (Fsp3) is 0.500. The van der Waals surface area contributed by atoms with E-state index in [1.807, 2.05) is 13.8 Å². The predicted octanol–water partition coefficient (Wildman–Crippen LogP) is 2.82. The van der Waals surface area contributed by atoms with E-state index < -0.39 is 17.7 Å². The van der Waals surface area contributed by atoms with Crippen LogP contribution in [0, 0.1) is 11.6 Å². The summed E-state index contributed by atoms with van der Waals surface area (Å²) in [6.45, 7) is 3.88. The first-order valence-electron chi connectivity index (χ1n) is 5.58. The summed E-state index contributed by atoms with van der Waals surface area (Å²) in [5.74, 6) is -1.54. The van der Waals surface area contributed by atoms with E-state index in [4.69, 9.17) is 16.3 Å². The second kappa shape index (κ2) is 6.87. The van der Waals surface area contributed by atoms with Crippen molar-refractivity contribution in [2.24, 2.45) is 0 Å². The Morgan fingerprint density at radius 1 is 1.39 bits per heavy atom. The highest BCUT2D eigenvalue weighted by Crippen LogP contribution is 2.26. The number of benzene rings is 1. The lowest BCUT2D eigenvalue weighted by Crippen LogP contribution is -2.26. The van der Waals surface area contributed by atoms with E-state index in [1.54, 1.807) is 0 Å². The Morgan fingerprint density at radius 3 is 2.61 bits per heavy atom. The Hall–Kier alpha value is -0.910. The first-order valence-corrected chi connectivity index (χ1v) is 5.96. The van der Waals surface area contributed by atoms with Crippen molar-refractivity contribution in [3.05, 3.63) is 28.8 Å². The molecule has 6 heteroatoms. The summed E-state index contributed by atoms with van der Waals surface area (Å²) in [7, 11) is 0. The quantitative estimate of drug-likeness (QED) is 0.841. The molecule has 0 aliphatic carbocycles. The van der Waals surface area contributed by atoms with Gasteiger partial charge in [-0.3, -0.25) is 0 Å². The average Bonchev–Trinajstić information content (AvgIpc) is 2.24. The number of anilines is 1. The van der Waals surface area contributed by atoms with Crippen LogP contribution in [-0.2, 0) is 4.74 Å². The molecule has 1 aromatic rings. The van der Waals surface area contributed by atoms with Crippen LogP contribution in [0.25, 0.3) is 0 Å². The first-order chi connectivity index (χ1) is 8.40. The summed E-state index contributed by atoms with van der Waals surface area (Å²) in [6.07, 6.45) is -0.793. The number of halogens is 3. The zero-order valence-electron chi connectivity index (χ0n) is 10.2. The smallest absolute Gasteiger partial charge is 0.150 e. The first kappa shape index (κ1) is 15.1. The van der Waals surface area contributed by atoms with Gasteiger partial charge in [-0.25, -0.2) is 8.78 Å². The molecule has 0 radical (unpaired) electrons. The fourth-order valence-corrected chi connectivity index (χ4v) is 1.55. The van der Waals surface area contributed by atoms with Gasteiger partial charge in [0.1, 0.15) is 5.82 Å². The van der Waals surface area contributed by atoms with Gasteiger partial charge in [0.25, 0.3) is 0 Å². The van der Waals surface area contributed by atoms with Crippen LogP contribution in [0.15, 0.2) is 12.1 Å². The van der Waals surface area contributed by atoms with E-state index in [9.17, 15) is 13.9 Å². The van der Waals surface area contributed by atoms with Gasteiger partial charge in [-0.2, -0.15) is 0 Å². The van der Waals surface area contributed by atoms with Crippen molar-refractivity contribution >= 4 is 17.3 Å². The zero-order valence-corrected chi connectivity index (χ0v) is 11.0. The Labute approximate surface area is 110 Å². The highest BCUT2D eigenvalue weighted by atomic mass is 35.5. The minimum Gasteiger partial charge on any atom is -0.389 e. The highest BCUT2D eigenvalue weighted by molar-refractivity contribution is 6.33. The van der Waals surface area contributed by atoms with Crippen LogP contribution in [0.5, 0.6) is 0 Å². The lowest BCUT2D eigenvalue weighted by Gasteiger charge is -2.16. The molecule has 0 saturated carbocycles. The van der Waals surface area contributed by atoms with Gasteiger partial charge >= 0.3 is 0 Å². The SMILES string of the molecule is CC(C)OCC(O)CNc1c(F)cc(F)cc1Cl. The van der Waals surface area contributed by atoms with Crippen LogP contribution in [0.4, 0.5) is 14.5 Å². The Bertz CT molecular complexity index is 379. The monoisotopic (exact) mass is 279 g/mol. The molecule has 0 amide bonds. The molecule has 102 valence electrons. The van der Waals surface area contributed by atoms with Gasteiger partial charge in [0.15, 0.2) is 5.82 Å². The third kappa shape index (κ3) is 4.76. The second-order valence-corrected chi connectivity index (χ2v) is 4.57. The fourth-order valence-electron chi connectivity index (χ4n) is 1.29. The van der Waals surface area contributed by atoms with Gasteiger partial charge in [0.05, 0.1) is 29.5 Å². The van der Waals surface area contributed by atoms with Crippen molar-refractivity contribution in [1.82, 2.24) is 0 Å². The molecule has 0 aliphatic heterocycles. The van der Waals surface area contributed by atoms with Gasteiger partial charge in [-0.1, -0.05) is 11.6 Å². The minimum atomic E-state index is -0.798. The molecule has 0 fully saturated rings. The summed E-state index contributed by atoms with van der Waals surface area (Å²) in [5, 5.41) is 12.1. The zero-order chi connectivity index (χ0) is 13.7. The minimum absolute atomic E-state index is 0.00537. The molecule has 3 nitrogen and oxygen atoms in total. The molecule has 1 unspecified atom stereocenters. The number of aliphatic hydroxyl groups excluding tert-OH is 1. The van der Waals surface area contributed by atoms with Crippen LogP contribution in [0.2, 0.25) is 5.02 Å². The number of hydrogen-bond acceptors (Lipinski definition) is 3. The average molecular weight is 280 g/mol. The number of ether oxygens (including phenoxy) is 1. The van der Waals surface area contributed by atoms with Crippen molar-refractivity contribution in [3.63, 3.8) is 0 Å². The lowest BCUT2D eigenvalue weighted by molar-refractivity contribution is 0.0112. The summed E-state index contributed by atoms with van der Waals surface area (Å²) in [6, 6.07) is 1.73. The third-order valence-corrected chi connectivity index (χ3v) is 2.44. The highest BCUT2D eigenvalue weighted by Gasteiger charge is 2.12. The number of aliphatic hydroxyl groups is 1. The molecule has 0 spiro atoms. The van der Waals surface area contributed by atoms with E-state index in [1.165, 1.54) is 0 Å². The molecule has 0 bridgehead atoms. The summed E-state index contributed by atoms with van der Waals surface area (Å²) >= 11 is 5.69. The summed E-state index contributed by atoms with van der Waals surface area (Å²) in [4.78, 5) is 0. The number of rotatable bonds is 6. The topological polar surface area (TPSA) is 41.5 Å². The van der Waals surface area contributed by atoms with Crippen molar-refractivity contribution in [2.45, 2.75) is 26.1 Å². The van der Waals surface area contributed by atoms with Crippen LogP contribution in [0.1, 0.15) is 13.8 Å². The molecule has 1 rings (SSSR count). The standard InChI is InChI=1S/C12H16ClF2NO2/c1-7(2)18-6-9(17)5-16-12-10(13)3-8(14)4-11(12)15/h3-4,7,9,16-17H,5-6H2,1-2H3. The summed E-state index contributed by atoms with van der Waals surface area (Å²) < 4.78 is 31.4. The van der Waals surface area contributed by atoms with Crippen molar-refractivity contribution in [3.8, 4) is 0 Å². The second-order valence-electron chi connectivity index (χ2n) is 4.16. The van der Waals surface area contributed by atoms with E-state index >= 15 is 0 Å².